The highest BCUT2D eigenvalue weighted by Gasteiger charge is 2.30. The number of rotatable bonds is 4. The number of amides is 1. The number of amidine groups is 1. The number of hydrogen-bond donors (Lipinski definition) is 1. The van der Waals surface area contributed by atoms with Gasteiger partial charge in [-0.2, -0.15) is 0 Å². The Morgan fingerprint density at radius 3 is 2.53 bits per heavy atom. The summed E-state index contributed by atoms with van der Waals surface area (Å²) in [5.74, 6) is -0.464. The van der Waals surface area contributed by atoms with Crippen molar-refractivity contribution in [3.63, 3.8) is 0 Å². The van der Waals surface area contributed by atoms with Gasteiger partial charge in [0.15, 0.2) is 5.17 Å². The summed E-state index contributed by atoms with van der Waals surface area (Å²) < 4.78 is 5.52. The number of benzene rings is 3. The summed E-state index contributed by atoms with van der Waals surface area (Å²) in [5, 5.41) is 11.6. The van der Waals surface area contributed by atoms with E-state index in [-0.39, 0.29) is 11.5 Å². The fourth-order valence-electron chi connectivity index (χ4n) is 3.17. The number of carboxylic acid groups (broad SMARTS) is 1. The molecule has 6 nitrogen and oxygen atoms in total. The molecule has 1 amide bonds. The number of carbonyl (C=O) groups excluding carboxylic acids is 1. The van der Waals surface area contributed by atoms with E-state index in [9.17, 15) is 9.59 Å². The maximum atomic E-state index is 12.8. The van der Waals surface area contributed by atoms with Crippen LogP contribution in [0.15, 0.2) is 70.6 Å². The number of thioether (sulfide) groups is 1. The molecular weight excluding hydrogens is 400 g/mol. The van der Waals surface area contributed by atoms with Gasteiger partial charge >= 0.3 is 5.97 Å². The number of carboxylic acids is 1. The molecule has 30 heavy (non-hydrogen) atoms. The predicted molar refractivity (Wildman–Crippen MR) is 119 cm³/mol. The lowest BCUT2D eigenvalue weighted by Gasteiger charge is -2.09. The van der Waals surface area contributed by atoms with E-state index in [1.165, 1.54) is 28.8 Å². The van der Waals surface area contributed by atoms with E-state index >= 15 is 0 Å². The van der Waals surface area contributed by atoms with Crippen LogP contribution in [-0.2, 0) is 4.79 Å². The molecular formula is C23H18N2O4S. The Hall–Kier alpha value is -3.58. The van der Waals surface area contributed by atoms with Crippen molar-refractivity contribution >= 4 is 51.3 Å². The molecule has 0 spiro atoms. The Balaban J connectivity index is 1.72. The van der Waals surface area contributed by atoms with Crippen LogP contribution in [0, 0.1) is 0 Å². The molecule has 0 aliphatic carbocycles. The number of hydrogen-bond acceptors (Lipinski definition) is 5. The van der Waals surface area contributed by atoms with Crippen molar-refractivity contribution in [2.24, 2.45) is 4.99 Å². The van der Waals surface area contributed by atoms with Gasteiger partial charge < -0.3 is 9.84 Å². The molecule has 0 radical (unpaired) electrons. The van der Waals surface area contributed by atoms with Gasteiger partial charge in [-0.25, -0.2) is 9.79 Å². The zero-order chi connectivity index (χ0) is 21.3. The summed E-state index contributed by atoms with van der Waals surface area (Å²) in [4.78, 5) is 30.4. The first-order valence-electron chi connectivity index (χ1n) is 9.13. The van der Waals surface area contributed by atoms with Crippen LogP contribution in [0.25, 0.3) is 16.8 Å². The first kappa shape index (κ1) is 19.7. The van der Waals surface area contributed by atoms with E-state index in [2.05, 4.69) is 4.99 Å². The van der Waals surface area contributed by atoms with Crippen LogP contribution in [0.2, 0.25) is 0 Å². The average Bonchev–Trinajstić information content (AvgIpc) is 3.02. The van der Waals surface area contributed by atoms with Gasteiger partial charge in [0.1, 0.15) is 5.75 Å². The highest BCUT2D eigenvalue weighted by molar-refractivity contribution is 8.18. The first-order valence-corrected chi connectivity index (χ1v) is 9.95. The summed E-state index contributed by atoms with van der Waals surface area (Å²) in [6, 6.07) is 18.0. The Morgan fingerprint density at radius 1 is 1.10 bits per heavy atom. The molecule has 4 rings (SSSR count). The van der Waals surface area contributed by atoms with Crippen molar-refractivity contribution in [2.75, 3.05) is 14.2 Å². The lowest BCUT2D eigenvalue weighted by molar-refractivity contribution is -0.121. The van der Waals surface area contributed by atoms with Gasteiger partial charge in [0.2, 0.25) is 0 Å². The van der Waals surface area contributed by atoms with Gasteiger partial charge in [0.25, 0.3) is 5.91 Å². The lowest BCUT2D eigenvalue weighted by Crippen LogP contribution is -2.23. The Labute approximate surface area is 177 Å². The highest BCUT2D eigenvalue weighted by Crippen LogP contribution is 2.37. The molecule has 3 aromatic rings. The third-order valence-electron chi connectivity index (χ3n) is 4.77. The highest BCUT2D eigenvalue weighted by atomic mass is 32.2. The van der Waals surface area contributed by atoms with Crippen LogP contribution in [0.1, 0.15) is 15.9 Å². The van der Waals surface area contributed by atoms with Crippen molar-refractivity contribution < 1.29 is 19.4 Å². The summed E-state index contributed by atoms with van der Waals surface area (Å²) in [7, 11) is 3.27. The third kappa shape index (κ3) is 3.67. The number of likely N-dealkylation sites (N-methyl/N-ethyl adjacent to an activating group) is 1. The predicted octanol–water partition coefficient (Wildman–Crippen LogP) is 4.78. The normalized spacial score (nSPS) is 16.6. The van der Waals surface area contributed by atoms with Crippen LogP contribution in [0.5, 0.6) is 5.75 Å². The van der Waals surface area contributed by atoms with Crippen molar-refractivity contribution in [3.8, 4) is 5.75 Å². The topological polar surface area (TPSA) is 79.2 Å². The van der Waals surface area contributed by atoms with Crippen molar-refractivity contribution in [1.29, 1.82) is 0 Å². The molecule has 1 heterocycles. The van der Waals surface area contributed by atoms with Crippen LogP contribution in [0.3, 0.4) is 0 Å². The molecule has 1 fully saturated rings. The zero-order valence-corrected chi connectivity index (χ0v) is 17.1. The molecule has 7 heteroatoms. The number of nitrogens with zero attached hydrogens (tertiary/aromatic N) is 2. The number of aliphatic imine (C=N–C) groups is 1. The molecule has 1 aliphatic heterocycles. The largest absolute Gasteiger partial charge is 0.496 e. The van der Waals surface area contributed by atoms with Crippen LogP contribution < -0.4 is 4.74 Å². The van der Waals surface area contributed by atoms with E-state index in [0.29, 0.717) is 21.5 Å². The minimum Gasteiger partial charge on any atom is -0.496 e. The maximum absolute atomic E-state index is 12.8. The second-order valence-electron chi connectivity index (χ2n) is 6.62. The van der Waals surface area contributed by atoms with Gasteiger partial charge in [-0.15, -0.1) is 0 Å². The number of ether oxygens (including phenoxy) is 1. The minimum absolute atomic E-state index is 0.157. The number of aromatic carboxylic acids is 1. The summed E-state index contributed by atoms with van der Waals surface area (Å²) in [5.41, 5.74) is 1.60. The van der Waals surface area contributed by atoms with E-state index in [1.54, 1.807) is 26.3 Å². The number of carbonyl (C=O) groups is 2. The zero-order valence-electron chi connectivity index (χ0n) is 16.3. The molecule has 0 saturated carbocycles. The smallest absolute Gasteiger partial charge is 0.335 e. The first-order chi connectivity index (χ1) is 14.5. The van der Waals surface area contributed by atoms with Crippen LogP contribution in [0.4, 0.5) is 5.69 Å². The molecule has 0 aromatic heterocycles. The van der Waals surface area contributed by atoms with Gasteiger partial charge in [-0.1, -0.05) is 30.3 Å². The number of methoxy groups -OCH3 is 1. The van der Waals surface area contributed by atoms with Gasteiger partial charge in [-0.05, 0) is 58.9 Å². The van der Waals surface area contributed by atoms with Crippen molar-refractivity contribution in [1.82, 2.24) is 4.90 Å². The Bertz CT molecular complexity index is 1220. The molecule has 1 N–H and O–H groups in total. The summed E-state index contributed by atoms with van der Waals surface area (Å²) in [6.07, 6.45) is 1.83. The summed E-state index contributed by atoms with van der Waals surface area (Å²) in [6.45, 7) is 0. The average molecular weight is 418 g/mol. The van der Waals surface area contributed by atoms with Gasteiger partial charge in [0, 0.05) is 12.6 Å². The van der Waals surface area contributed by atoms with Gasteiger partial charge in [-0.3, -0.25) is 9.69 Å². The molecule has 150 valence electrons. The summed E-state index contributed by atoms with van der Waals surface area (Å²) >= 11 is 1.27. The van der Waals surface area contributed by atoms with E-state index in [0.717, 1.165) is 16.3 Å². The molecule has 1 saturated heterocycles. The van der Waals surface area contributed by atoms with E-state index in [1.807, 2.05) is 42.5 Å². The molecule has 0 bridgehead atoms. The Kier molecular flexibility index (Phi) is 5.29. The fourth-order valence-corrected chi connectivity index (χ4v) is 4.14. The monoisotopic (exact) mass is 418 g/mol. The molecule has 1 aliphatic rings. The SMILES string of the molecule is COc1ccc2ccccc2c1/C=C1\SC(=Nc2ccc(C(=O)O)cc2)N(C)C1=O. The molecule has 0 unspecified atom stereocenters. The van der Waals surface area contributed by atoms with Crippen molar-refractivity contribution in [3.05, 3.63) is 76.7 Å². The van der Waals surface area contributed by atoms with Crippen molar-refractivity contribution in [2.45, 2.75) is 0 Å². The number of fused-ring (bicyclic) bond motifs is 1. The van der Waals surface area contributed by atoms with E-state index in [4.69, 9.17) is 9.84 Å². The molecule has 0 atom stereocenters. The van der Waals surface area contributed by atoms with Crippen LogP contribution in [-0.4, -0.2) is 41.2 Å². The maximum Gasteiger partial charge on any atom is 0.335 e. The second-order valence-corrected chi connectivity index (χ2v) is 7.63. The lowest BCUT2D eigenvalue weighted by atomic mass is 10.0. The fraction of sp³-hybridized carbons (Fsp3) is 0.0870. The third-order valence-corrected chi connectivity index (χ3v) is 5.83. The standard InChI is InChI=1S/C23H18N2O4S/c1-25-21(26)20(30-23(25)24-16-10-7-15(8-11-16)22(27)28)13-18-17-6-4-3-5-14(17)9-12-19(18)29-2/h3-13H,1-2H3,(H,27,28)/b20-13-,24-23?. The quantitative estimate of drug-likeness (QED) is 0.617. The molecule has 3 aromatic carbocycles. The Morgan fingerprint density at radius 2 is 1.83 bits per heavy atom. The van der Waals surface area contributed by atoms with Gasteiger partial charge in [0.05, 0.1) is 23.3 Å². The second kappa shape index (κ2) is 8.04. The minimum atomic E-state index is -0.994. The van der Waals surface area contributed by atoms with Crippen LogP contribution >= 0.6 is 11.8 Å². The van der Waals surface area contributed by atoms with E-state index < -0.39 is 5.97 Å².